The lowest BCUT2D eigenvalue weighted by atomic mass is 10.2. The first kappa shape index (κ1) is 17.5. The number of hydrogen-bond acceptors (Lipinski definition) is 4. The third-order valence-corrected chi connectivity index (χ3v) is 4.72. The van der Waals surface area contributed by atoms with Gasteiger partial charge in [0, 0.05) is 40.2 Å². The summed E-state index contributed by atoms with van der Waals surface area (Å²) in [6.45, 7) is 3.97. The zero-order valence-corrected chi connectivity index (χ0v) is 15.2. The molecule has 0 N–H and O–H groups in total. The molecule has 1 heterocycles. The van der Waals surface area contributed by atoms with E-state index in [1.54, 1.807) is 9.47 Å². The van der Waals surface area contributed by atoms with Crippen molar-refractivity contribution in [3.8, 4) is 0 Å². The highest BCUT2D eigenvalue weighted by Crippen LogP contribution is 2.29. The second kappa shape index (κ2) is 7.25. The smallest absolute Gasteiger partial charge is 0.293 e. The van der Waals surface area contributed by atoms with Crippen LogP contribution in [-0.4, -0.2) is 47.5 Å². The normalized spacial score (nSPS) is 13.9. The highest BCUT2D eigenvalue weighted by atomic mass is 16.2. The first-order valence-corrected chi connectivity index (χ1v) is 8.96. The zero-order chi connectivity index (χ0) is 18.0. The largest absolute Gasteiger partial charge is 0.358 e. The number of nitrogens with zero attached hydrogens (tertiary/aromatic N) is 4. The number of amides is 1. The fourth-order valence-corrected chi connectivity index (χ4v) is 3.08. The van der Waals surface area contributed by atoms with Gasteiger partial charge in [-0.2, -0.15) is 0 Å². The number of rotatable bonds is 7. The van der Waals surface area contributed by atoms with Crippen molar-refractivity contribution in [2.75, 3.05) is 32.1 Å². The Morgan fingerprint density at radius 2 is 2.00 bits per heavy atom. The Kier molecular flexibility index (Phi) is 5.06. The van der Waals surface area contributed by atoms with Gasteiger partial charge in [0.2, 0.25) is 5.91 Å². The summed E-state index contributed by atoms with van der Waals surface area (Å²) in [6.07, 6.45) is 2.79. The molecule has 1 saturated carbocycles. The average molecular weight is 342 g/mol. The molecular weight excluding hydrogens is 316 g/mol. The van der Waals surface area contributed by atoms with Gasteiger partial charge in [0.05, 0.1) is 11.0 Å². The minimum Gasteiger partial charge on any atom is -0.358 e. The molecule has 0 atom stereocenters. The number of carbonyl (C=O) groups excluding carboxylic acids is 1. The molecule has 6 nitrogen and oxygen atoms in total. The number of carbonyl (C=O) groups is 1. The SMILES string of the molecule is CCN(CC1CC1)C(=O)CCn1c(=O)c(N(C)C)nc2ccccc21. The molecule has 0 aliphatic heterocycles. The highest BCUT2D eigenvalue weighted by Gasteiger charge is 2.26. The monoisotopic (exact) mass is 342 g/mol. The van der Waals surface area contributed by atoms with E-state index in [-0.39, 0.29) is 11.5 Å². The molecular formula is C19H26N4O2. The minimum atomic E-state index is -0.151. The van der Waals surface area contributed by atoms with Gasteiger partial charge in [-0.1, -0.05) is 12.1 Å². The molecule has 1 aliphatic rings. The van der Waals surface area contributed by atoms with Crippen LogP contribution in [0.1, 0.15) is 26.2 Å². The summed E-state index contributed by atoms with van der Waals surface area (Å²) in [5, 5.41) is 0. The topological polar surface area (TPSA) is 58.4 Å². The molecule has 1 aliphatic carbocycles. The van der Waals surface area contributed by atoms with Crippen LogP contribution < -0.4 is 10.5 Å². The number of aromatic nitrogens is 2. The van der Waals surface area contributed by atoms with Crippen molar-refractivity contribution in [2.24, 2.45) is 5.92 Å². The van der Waals surface area contributed by atoms with E-state index in [0.717, 1.165) is 24.1 Å². The molecule has 1 aromatic carbocycles. The second-order valence-corrected chi connectivity index (χ2v) is 6.90. The molecule has 25 heavy (non-hydrogen) atoms. The van der Waals surface area contributed by atoms with Crippen LogP contribution in [0.2, 0.25) is 0 Å². The Hall–Kier alpha value is -2.37. The van der Waals surface area contributed by atoms with Crippen LogP contribution in [0, 0.1) is 5.92 Å². The van der Waals surface area contributed by atoms with Gasteiger partial charge < -0.3 is 14.4 Å². The van der Waals surface area contributed by atoms with Gasteiger partial charge in [-0.25, -0.2) is 4.98 Å². The van der Waals surface area contributed by atoms with Gasteiger partial charge in [-0.15, -0.1) is 0 Å². The van der Waals surface area contributed by atoms with Crippen molar-refractivity contribution >= 4 is 22.8 Å². The lowest BCUT2D eigenvalue weighted by molar-refractivity contribution is -0.131. The third kappa shape index (κ3) is 3.83. The average Bonchev–Trinajstić information content (AvgIpc) is 3.42. The predicted octanol–water partition coefficient (Wildman–Crippen LogP) is 2.11. The molecule has 0 saturated heterocycles. The minimum absolute atomic E-state index is 0.119. The van der Waals surface area contributed by atoms with Crippen LogP contribution in [0.4, 0.5) is 5.82 Å². The predicted molar refractivity (Wildman–Crippen MR) is 99.9 cm³/mol. The van der Waals surface area contributed by atoms with Gasteiger partial charge >= 0.3 is 0 Å². The van der Waals surface area contributed by atoms with Crippen LogP contribution >= 0.6 is 0 Å². The lowest BCUT2D eigenvalue weighted by Gasteiger charge is -2.21. The van der Waals surface area contributed by atoms with E-state index in [1.165, 1.54) is 12.8 Å². The van der Waals surface area contributed by atoms with Gasteiger partial charge in [0.25, 0.3) is 5.56 Å². The van der Waals surface area contributed by atoms with E-state index in [9.17, 15) is 9.59 Å². The van der Waals surface area contributed by atoms with Crippen molar-refractivity contribution < 1.29 is 4.79 Å². The Labute approximate surface area is 148 Å². The summed E-state index contributed by atoms with van der Waals surface area (Å²) in [6, 6.07) is 7.58. The van der Waals surface area contributed by atoms with E-state index in [1.807, 2.05) is 50.2 Å². The Morgan fingerprint density at radius 3 is 2.64 bits per heavy atom. The van der Waals surface area contributed by atoms with Gasteiger partial charge in [-0.05, 0) is 37.8 Å². The van der Waals surface area contributed by atoms with Crippen LogP contribution in [-0.2, 0) is 11.3 Å². The second-order valence-electron chi connectivity index (χ2n) is 6.90. The maximum Gasteiger partial charge on any atom is 0.293 e. The van der Waals surface area contributed by atoms with Gasteiger partial charge in [0.1, 0.15) is 0 Å². The standard InChI is InChI=1S/C19H26N4O2/c1-4-22(13-14-9-10-14)17(24)11-12-23-16-8-6-5-7-15(16)20-18(19(23)25)21(2)3/h5-8,14H,4,9-13H2,1-3H3. The lowest BCUT2D eigenvalue weighted by Crippen LogP contribution is -2.35. The van der Waals surface area contributed by atoms with Gasteiger partial charge in [-0.3, -0.25) is 9.59 Å². The number of fused-ring (bicyclic) bond motifs is 1. The summed E-state index contributed by atoms with van der Waals surface area (Å²) in [5.41, 5.74) is 1.39. The molecule has 0 spiro atoms. The molecule has 2 aromatic rings. The van der Waals surface area contributed by atoms with E-state index in [2.05, 4.69) is 4.98 Å². The maximum absolute atomic E-state index is 12.8. The van der Waals surface area contributed by atoms with E-state index in [4.69, 9.17) is 0 Å². The van der Waals surface area contributed by atoms with Crippen molar-refractivity contribution in [3.63, 3.8) is 0 Å². The van der Waals surface area contributed by atoms with Crippen molar-refractivity contribution in [2.45, 2.75) is 32.7 Å². The number of benzene rings is 1. The Balaban J connectivity index is 1.85. The molecule has 0 bridgehead atoms. The van der Waals surface area contributed by atoms with Crippen LogP contribution in [0.5, 0.6) is 0 Å². The Bertz CT molecular complexity index is 824. The van der Waals surface area contributed by atoms with Crippen molar-refractivity contribution in [3.05, 3.63) is 34.6 Å². The molecule has 3 rings (SSSR count). The molecule has 0 unspecified atom stereocenters. The number of para-hydroxylation sites is 2. The molecule has 0 radical (unpaired) electrons. The number of anilines is 1. The summed E-state index contributed by atoms with van der Waals surface area (Å²) < 4.78 is 1.68. The number of hydrogen-bond donors (Lipinski definition) is 0. The third-order valence-electron chi connectivity index (χ3n) is 4.72. The molecule has 6 heteroatoms. The van der Waals surface area contributed by atoms with Crippen molar-refractivity contribution in [1.29, 1.82) is 0 Å². The first-order chi connectivity index (χ1) is 12.0. The summed E-state index contributed by atoms with van der Waals surface area (Å²) in [4.78, 5) is 33.5. The number of aryl methyl sites for hydroxylation is 1. The fourth-order valence-electron chi connectivity index (χ4n) is 3.08. The fraction of sp³-hybridized carbons (Fsp3) is 0.526. The Morgan fingerprint density at radius 1 is 1.28 bits per heavy atom. The first-order valence-electron chi connectivity index (χ1n) is 8.96. The summed E-state index contributed by atoms with van der Waals surface area (Å²) >= 11 is 0. The quantitative estimate of drug-likeness (QED) is 0.773. The molecule has 134 valence electrons. The molecule has 1 aromatic heterocycles. The zero-order valence-electron chi connectivity index (χ0n) is 15.2. The molecule has 1 amide bonds. The van der Waals surface area contributed by atoms with Crippen LogP contribution in [0.15, 0.2) is 29.1 Å². The van der Waals surface area contributed by atoms with Crippen LogP contribution in [0.3, 0.4) is 0 Å². The maximum atomic E-state index is 12.8. The van der Waals surface area contributed by atoms with Crippen molar-refractivity contribution in [1.82, 2.24) is 14.5 Å². The van der Waals surface area contributed by atoms with E-state index < -0.39 is 0 Å². The van der Waals surface area contributed by atoms with Gasteiger partial charge in [0.15, 0.2) is 5.82 Å². The summed E-state index contributed by atoms with van der Waals surface area (Å²) in [5.74, 6) is 1.19. The van der Waals surface area contributed by atoms with Crippen LogP contribution in [0.25, 0.3) is 11.0 Å². The van der Waals surface area contributed by atoms with E-state index >= 15 is 0 Å². The van der Waals surface area contributed by atoms with E-state index in [0.29, 0.717) is 24.7 Å². The summed E-state index contributed by atoms with van der Waals surface area (Å²) in [7, 11) is 3.62. The highest BCUT2D eigenvalue weighted by molar-refractivity contribution is 5.78. The molecule has 1 fully saturated rings.